The van der Waals surface area contributed by atoms with E-state index in [9.17, 15) is 9.90 Å². The molecular weight excluding hydrogens is 226 g/mol. The van der Waals surface area contributed by atoms with Crippen LogP contribution < -0.4 is 0 Å². The third-order valence-electron chi connectivity index (χ3n) is 3.95. The van der Waals surface area contributed by atoms with Crippen LogP contribution in [0, 0.1) is 5.41 Å². The minimum atomic E-state index is -0.441. The predicted molar refractivity (Wildman–Crippen MR) is 71.0 cm³/mol. The molecule has 0 aliphatic carbocycles. The first-order valence-corrected chi connectivity index (χ1v) is 6.51. The number of likely N-dealkylation sites (tertiary alicyclic amines) is 1. The molecule has 0 bridgehead atoms. The number of carbonyl (C=O) groups is 1. The molecule has 0 aromatic heterocycles. The van der Waals surface area contributed by atoms with Crippen molar-refractivity contribution in [3.63, 3.8) is 0 Å². The van der Waals surface area contributed by atoms with Crippen LogP contribution in [0.5, 0.6) is 0 Å². The summed E-state index contributed by atoms with van der Waals surface area (Å²) in [6, 6.07) is 9.57. The van der Waals surface area contributed by atoms with Gasteiger partial charge in [-0.3, -0.25) is 4.79 Å². The molecular formula is C15H21NO2. The van der Waals surface area contributed by atoms with E-state index in [1.165, 1.54) is 0 Å². The molecule has 1 amide bonds. The molecule has 1 aliphatic rings. The number of aliphatic hydroxyl groups excluding tert-OH is 1. The second kappa shape index (κ2) is 4.73. The quantitative estimate of drug-likeness (QED) is 0.890. The van der Waals surface area contributed by atoms with Crippen molar-refractivity contribution in [2.75, 3.05) is 6.54 Å². The standard InChI is InChI=1S/C15H21NO2/c1-4-15(2,3)14(18)16-10-12(17)13(16)11-8-6-5-7-9-11/h5-9,12-13,17H,4,10H2,1-3H3/t12?,13-/m1/s1. The fourth-order valence-corrected chi connectivity index (χ4v) is 2.29. The lowest BCUT2D eigenvalue weighted by molar-refractivity contribution is -0.161. The van der Waals surface area contributed by atoms with Crippen LogP contribution in [-0.2, 0) is 4.79 Å². The number of carbonyl (C=O) groups excluding carboxylic acids is 1. The van der Waals surface area contributed by atoms with Crippen molar-refractivity contribution in [1.82, 2.24) is 4.90 Å². The SMILES string of the molecule is CCC(C)(C)C(=O)N1CC(O)[C@H]1c1ccccc1. The van der Waals surface area contributed by atoms with Crippen LogP contribution in [-0.4, -0.2) is 28.6 Å². The van der Waals surface area contributed by atoms with Gasteiger partial charge in [0, 0.05) is 12.0 Å². The van der Waals surface area contributed by atoms with Crippen molar-refractivity contribution in [2.24, 2.45) is 5.41 Å². The van der Waals surface area contributed by atoms with Crippen molar-refractivity contribution in [2.45, 2.75) is 39.3 Å². The van der Waals surface area contributed by atoms with Gasteiger partial charge in [0.25, 0.3) is 0 Å². The molecule has 1 aliphatic heterocycles. The Morgan fingerprint density at radius 3 is 2.50 bits per heavy atom. The Bertz CT molecular complexity index is 427. The molecule has 1 fully saturated rings. The highest BCUT2D eigenvalue weighted by Crippen LogP contribution is 2.37. The average Bonchev–Trinajstić information content (AvgIpc) is 2.36. The zero-order chi connectivity index (χ0) is 13.3. The summed E-state index contributed by atoms with van der Waals surface area (Å²) in [5.74, 6) is 0.129. The summed E-state index contributed by atoms with van der Waals surface area (Å²) in [4.78, 5) is 14.2. The molecule has 3 nitrogen and oxygen atoms in total. The van der Waals surface area contributed by atoms with E-state index in [1.807, 2.05) is 51.1 Å². The highest BCUT2D eigenvalue weighted by atomic mass is 16.3. The van der Waals surface area contributed by atoms with Crippen LogP contribution in [0.3, 0.4) is 0 Å². The molecule has 1 unspecified atom stereocenters. The van der Waals surface area contributed by atoms with Gasteiger partial charge in [0.15, 0.2) is 0 Å². The van der Waals surface area contributed by atoms with Gasteiger partial charge in [0.1, 0.15) is 0 Å². The number of amides is 1. The number of β-amino-alcohol motifs (C(OH)–C–C–N with tert-alkyl or cyclic N) is 1. The predicted octanol–water partition coefficient (Wildman–Crippen LogP) is 2.37. The van der Waals surface area contributed by atoms with Gasteiger partial charge in [0.05, 0.1) is 12.1 Å². The van der Waals surface area contributed by atoms with Gasteiger partial charge in [-0.2, -0.15) is 0 Å². The Kier molecular flexibility index (Phi) is 3.44. The second-order valence-corrected chi connectivity index (χ2v) is 5.62. The van der Waals surface area contributed by atoms with E-state index >= 15 is 0 Å². The maximum atomic E-state index is 12.4. The van der Waals surface area contributed by atoms with E-state index in [-0.39, 0.29) is 17.4 Å². The molecule has 2 atom stereocenters. The second-order valence-electron chi connectivity index (χ2n) is 5.62. The molecule has 18 heavy (non-hydrogen) atoms. The summed E-state index contributed by atoms with van der Waals surface area (Å²) in [6.45, 7) is 6.39. The normalized spacial score (nSPS) is 23.7. The minimum Gasteiger partial charge on any atom is -0.389 e. The zero-order valence-corrected chi connectivity index (χ0v) is 11.3. The van der Waals surface area contributed by atoms with Crippen LogP contribution in [0.2, 0.25) is 0 Å². The molecule has 3 heteroatoms. The molecule has 2 rings (SSSR count). The van der Waals surface area contributed by atoms with Gasteiger partial charge < -0.3 is 10.0 Å². The molecule has 98 valence electrons. The molecule has 1 N–H and O–H groups in total. The Labute approximate surface area is 108 Å². The molecule has 0 spiro atoms. The van der Waals surface area contributed by atoms with Crippen LogP contribution in [0.1, 0.15) is 38.8 Å². The fourth-order valence-electron chi connectivity index (χ4n) is 2.29. The number of aliphatic hydroxyl groups is 1. The maximum absolute atomic E-state index is 12.4. The lowest BCUT2D eigenvalue weighted by Crippen LogP contribution is -2.59. The van der Waals surface area contributed by atoms with Gasteiger partial charge in [-0.15, -0.1) is 0 Å². The van der Waals surface area contributed by atoms with E-state index in [1.54, 1.807) is 4.90 Å². The van der Waals surface area contributed by atoms with E-state index < -0.39 is 6.10 Å². The lowest BCUT2D eigenvalue weighted by atomic mass is 9.83. The largest absolute Gasteiger partial charge is 0.389 e. The highest BCUT2D eigenvalue weighted by molar-refractivity contribution is 5.83. The topological polar surface area (TPSA) is 40.5 Å². The molecule has 1 saturated heterocycles. The van der Waals surface area contributed by atoms with Gasteiger partial charge >= 0.3 is 0 Å². The summed E-state index contributed by atoms with van der Waals surface area (Å²) < 4.78 is 0. The van der Waals surface area contributed by atoms with E-state index in [2.05, 4.69) is 0 Å². The Morgan fingerprint density at radius 2 is 2.00 bits per heavy atom. The fraction of sp³-hybridized carbons (Fsp3) is 0.533. The Balaban J connectivity index is 2.19. The van der Waals surface area contributed by atoms with Gasteiger partial charge in [0.2, 0.25) is 5.91 Å². The molecule has 0 radical (unpaired) electrons. The monoisotopic (exact) mass is 247 g/mol. The summed E-state index contributed by atoms with van der Waals surface area (Å²) in [5.41, 5.74) is 0.657. The van der Waals surface area contributed by atoms with Crippen LogP contribution in [0.4, 0.5) is 0 Å². The van der Waals surface area contributed by atoms with Crippen molar-refractivity contribution in [3.05, 3.63) is 35.9 Å². The summed E-state index contributed by atoms with van der Waals surface area (Å²) in [5, 5.41) is 9.92. The molecule has 1 aromatic carbocycles. The number of hydrogen-bond acceptors (Lipinski definition) is 2. The van der Waals surface area contributed by atoms with Crippen molar-refractivity contribution >= 4 is 5.91 Å². The first-order chi connectivity index (χ1) is 8.47. The van der Waals surface area contributed by atoms with Crippen LogP contribution in [0.25, 0.3) is 0 Å². The first-order valence-electron chi connectivity index (χ1n) is 6.51. The number of rotatable bonds is 3. The van der Waals surface area contributed by atoms with Gasteiger partial charge in [-0.25, -0.2) is 0 Å². The Hall–Kier alpha value is -1.35. The summed E-state index contributed by atoms with van der Waals surface area (Å²) >= 11 is 0. The zero-order valence-electron chi connectivity index (χ0n) is 11.3. The third-order valence-corrected chi connectivity index (χ3v) is 3.95. The third kappa shape index (κ3) is 2.15. The average molecular weight is 247 g/mol. The van der Waals surface area contributed by atoms with E-state index in [4.69, 9.17) is 0 Å². The van der Waals surface area contributed by atoms with E-state index in [0.29, 0.717) is 6.54 Å². The number of benzene rings is 1. The van der Waals surface area contributed by atoms with Crippen molar-refractivity contribution in [1.29, 1.82) is 0 Å². The van der Waals surface area contributed by atoms with Gasteiger partial charge in [-0.1, -0.05) is 51.1 Å². The number of nitrogens with zero attached hydrogens (tertiary/aromatic N) is 1. The minimum absolute atomic E-state index is 0.129. The lowest BCUT2D eigenvalue weighted by Gasteiger charge is -2.48. The number of hydrogen-bond donors (Lipinski definition) is 1. The highest BCUT2D eigenvalue weighted by Gasteiger charge is 2.45. The van der Waals surface area contributed by atoms with Gasteiger partial charge in [-0.05, 0) is 12.0 Å². The molecule has 1 aromatic rings. The smallest absolute Gasteiger partial charge is 0.228 e. The van der Waals surface area contributed by atoms with E-state index in [0.717, 1.165) is 12.0 Å². The first kappa shape index (κ1) is 13.1. The maximum Gasteiger partial charge on any atom is 0.228 e. The van der Waals surface area contributed by atoms with Crippen molar-refractivity contribution in [3.8, 4) is 0 Å². The van der Waals surface area contributed by atoms with Crippen LogP contribution >= 0.6 is 0 Å². The van der Waals surface area contributed by atoms with Crippen LogP contribution in [0.15, 0.2) is 30.3 Å². The Morgan fingerprint density at radius 1 is 1.39 bits per heavy atom. The van der Waals surface area contributed by atoms with Crippen molar-refractivity contribution < 1.29 is 9.90 Å². The summed E-state index contributed by atoms with van der Waals surface area (Å²) in [7, 11) is 0. The molecule has 0 saturated carbocycles. The molecule has 1 heterocycles. The summed E-state index contributed by atoms with van der Waals surface area (Å²) in [6.07, 6.45) is 0.365.